The van der Waals surface area contributed by atoms with E-state index in [0.717, 1.165) is 5.75 Å². The fourth-order valence-electron chi connectivity index (χ4n) is 2.69. The van der Waals surface area contributed by atoms with Gasteiger partial charge in [0.25, 0.3) is 0 Å². The van der Waals surface area contributed by atoms with E-state index in [1.54, 1.807) is 31.0 Å². The Morgan fingerprint density at radius 3 is 2.52 bits per heavy atom. The predicted molar refractivity (Wildman–Crippen MR) is 113 cm³/mol. The molecule has 0 unspecified atom stereocenters. The zero-order chi connectivity index (χ0) is 21.6. The van der Waals surface area contributed by atoms with Gasteiger partial charge in [0.15, 0.2) is 0 Å². The lowest BCUT2D eigenvalue weighted by Crippen LogP contribution is -2.42. The van der Waals surface area contributed by atoms with E-state index >= 15 is 0 Å². The minimum atomic E-state index is -0.669. The monoisotopic (exact) mass is 427 g/mol. The van der Waals surface area contributed by atoms with Crippen LogP contribution < -0.4 is 5.32 Å². The second kappa shape index (κ2) is 14.2. The van der Waals surface area contributed by atoms with Crippen molar-refractivity contribution in [3.63, 3.8) is 0 Å². The predicted octanol–water partition coefficient (Wildman–Crippen LogP) is 2.50. The Bertz CT molecular complexity index is 592. The van der Waals surface area contributed by atoms with Gasteiger partial charge in [0.1, 0.15) is 12.6 Å². The van der Waals surface area contributed by atoms with Crippen LogP contribution in [0.15, 0.2) is 24.3 Å². The van der Waals surface area contributed by atoms with Crippen LogP contribution in [0.1, 0.15) is 33.1 Å². The molecule has 0 radical (unpaired) electrons. The number of carbonyl (C=O) groups is 3. The van der Waals surface area contributed by atoms with Gasteiger partial charge in [0.05, 0.1) is 19.1 Å². The Hall–Kier alpha value is -1.80. The number of amides is 1. The zero-order valence-corrected chi connectivity index (χ0v) is 18.5. The second-order valence-electron chi connectivity index (χ2n) is 7.09. The molecule has 0 spiro atoms. The maximum atomic E-state index is 12.4. The highest BCUT2D eigenvalue weighted by Gasteiger charge is 2.22. The molecule has 1 amide bonds. The molecule has 0 aromatic rings. The van der Waals surface area contributed by atoms with Crippen LogP contribution in [-0.4, -0.2) is 62.3 Å². The van der Waals surface area contributed by atoms with Crippen molar-refractivity contribution in [2.45, 2.75) is 45.3 Å². The molecule has 0 aromatic carbocycles. The van der Waals surface area contributed by atoms with Gasteiger partial charge >= 0.3 is 11.9 Å². The van der Waals surface area contributed by atoms with Crippen LogP contribution >= 0.6 is 11.8 Å². The highest BCUT2D eigenvalue weighted by Crippen LogP contribution is 2.11. The molecule has 7 nitrogen and oxygen atoms in total. The van der Waals surface area contributed by atoms with Crippen LogP contribution in [0, 0.1) is 11.8 Å². The van der Waals surface area contributed by atoms with E-state index in [-0.39, 0.29) is 55.9 Å². The molecule has 0 bridgehead atoms. The normalized spacial score (nSPS) is 30.3. The van der Waals surface area contributed by atoms with E-state index in [4.69, 9.17) is 14.2 Å². The van der Waals surface area contributed by atoms with Gasteiger partial charge in [-0.15, -0.1) is 0 Å². The first-order valence-corrected chi connectivity index (χ1v) is 11.2. The number of cyclic esters (lactones) is 2. The summed E-state index contributed by atoms with van der Waals surface area (Å²) in [6.07, 6.45) is 9.54. The lowest BCUT2D eigenvalue weighted by Gasteiger charge is -2.20. The average molecular weight is 428 g/mol. The first-order chi connectivity index (χ1) is 13.9. The molecule has 0 aliphatic carbocycles. The number of ether oxygens (including phenoxy) is 3. The Kier molecular flexibility index (Phi) is 12.4. The van der Waals surface area contributed by atoms with Crippen molar-refractivity contribution in [1.29, 1.82) is 0 Å². The van der Waals surface area contributed by atoms with Gasteiger partial charge < -0.3 is 19.5 Å². The molecule has 0 saturated carbocycles. The minimum Gasteiger partial charge on any atom is -0.464 e. The van der Waals surface area contributed by atoms with Crippen molar-refractivity contribution in [3.05, 3.63) is 24.3 Å². The van der Waals surface area contributed by atoms with Crippen molar-refractivity contribution in [3.8, 4) is 0 Å². The van der Waals surface area contributed by atoms with Gasteiger partial charge in [-0.2, -0.15) is 11.8 Å². The summed E-state index contributed by atoms with van der Waals surface area (Å²) in [4.78, 5) is 36.6. The summed E-state index contributed by atoms with van der Waals surface area (Å²) in [5.74, 6) is -0.401. The summed E-state index contributed by atoms with van der Waals surface area (Å²) >= 11 is 1.60. The van der Waals surface area contributed by atoms with Crippen molar-refractivity contribution in [1.82, 2.24) is 5.32 Å². The summed E-state index contributed by atoms with van der Waals surface area (Å²) in [5.41, 5.74) is 0. The molecular weight excluding hydrogens is 394 g/mol. The fraction of sp³-hybridized carbons (Fsp3) is 0.667. The fourth-order valence-corrected chi connectivity index (χ4v) is 3.16. The van der Waals surface area contributed by atoms with Crippen molar-refractivity contribution in [2.24, 2.45) is 11.8 Å². The second-order valence-corrected chi connectivity index (χ2v) is 8.08. The Balaban J connectivity index is 2.89. The SMILES string of the molecule is CO[C@@H]1COC(=O)C/C=C/[C@@H](C)COC(=O)[C@H](CCSC)NC(=O)C/C=C/[C@H]1C. The molecule has 1 aliphatic rings. The summed E-state index contributed by atoms with van der Waals surface area (Å²) in [5, 5.41) is 2.77. The highest BCUT2D eigenvalue weighted by molar-refractivity contribution is 7.98. The maximum absolute atomic E-state index is 12.4. The van der Waals surface area contributed by atoms with Gasteiger partial charge in [-0.1, -0.05) is 38.2 Å². The van der Waals surface area contributed by atoms with Crippen LogP contribution in [-0.2, 0) is 28.6 Å². The molecule has 0 fully saturated rings. The van der Waals surface area contributed by atoms with Crippen LogP contribution in [0.2, 0.25) is 0 Å². The third-order valence-corrected chi connectivity index (χ3v) is 5.15. The molecule has 1 N–H and O–H groups in total. The van der Waals surface area contributed by atoms with Gasteiger partial charge in [-0.25, -0.2) is 4.79 Å². The van der Waals surface area contributed by atoms with Crippen molar-refractivity contribution < 1.29 is 28.6 Å². The highest BCUT2D eigenvalue weighted by atomic mass is 32.2. The molecule has 164 valence electrons. The summed E-state index contributed by atoms with van der Waals surface area (Å²) in [6, 6.07) is -0.669. The number of hydrogen-bond acceptors (Lipinski definition) is 7. The quantitative estimate of drug-likeness (QED) is 0.544. The third kappa shape index (κ3) is 10.5. The summed E-state index contributed by atoms with van der Waals surface area (Å²) in [7, 11) is 1.56. The van der Waals surface area contributed by atoms with E-state index < -0.39 is 12.0 Å². The van der Waals surface area contributed by atoms with E-state index in [1.807, 2.05) is 32.3 Å². The number of rotatable bonds is 4. The smallest absolute Gasteiger partial charge is 0.328 e. The molecule has 4 atom stereocenters. The van der Waals surface area contributed by atoms with E-state index in [9.17, 15) is 14.4 Å². The van der Waals surface area contributed by atoms with Gasteiger partial charge in [-0.05, 0) is 18.4 Å². The first kappa shape index (κ1) is 25.2. The van der Waals surface area contributed by atoms with E-state index in [0.29, 0.717) is 6.42 Å². The lowest BCUT2D eigenvalue weighted by atomic mass is 10.0. The largest absolute Gasteiger partial charge is 0.464 e. The minimum absolute atomic E-state index is 0.0488. The van der Waals surface area contributed by atoms with Crippen LogP contribution in [0.5, 0.6) is 0 Å². The number of methoxy groups -OCH3 is 1. The van der Waals surface area contributed by atoms with Crippen LogP contribution in [0.4, 0.5) is 0 Å². The Morgan fingerprint density at radius 1 is 1.10 bits per heavy atom. The number of thioether (sulfide) groups is 1. The van der Waals surface area contributed by atoms with Crippen molar-refractivity contribution in [2.75, 3.05) is 32.3 Å². The van der Waals surface area contributed by atoms with Gasteiger partial charge in [-0.3, -0.25) is 9.59 Å². The number of carbonyl (C=O) groups excluding carboxylic acids is 3. The van der Waals surface area contributed by atoms with E-state index in [2.05, 4.69) is 5.32 Å². The molecule has 1 aliphatic heterocycles. The summed E-state index contributed by atoms with van der Waals surface area (Å²) in [6.45, 7) is 4.13. The number of nitrogens with one attached hydrogen (secondary N) is 1. The number of hydrogen-bond donors (Lipinski definition) is 1. The van der Waals surface area contributed by atoms with Gasteiger partial charge in [0, 0.05) is 25.4 Å². The van der Waals surface area contributed by atoms with Crippen LogP contribution in [0.25, 0.3) is 0 Å². The molecule has 29 heavy (non-hydrogen) atoms. The third-order valence-electron chi connectivity index (χ3n) is 4.51. The first-order valence-electron chi connectivity index (χ1n) is 9.84. The van der Waals surface area contributed by atoms with E-state index in [1.165, 1.54) is 0 Å². The molecule has 1 rings (SSSR count). The average Bonchev–Trinajstić information content (AvgIpc) is 2.69. The number of esters is 2. The molecule has 0 saturated heterocycles. The Labute approximate surface area is 177 Å². The molecule has 1 heterocycles. The topological polar surface area (TPSA) is 90.9 Å². The molecular formula is C21H33NO6S. The van der Waals surface area contributed by atoms with Crippen LogP contribution in [0.3, 0.4) is 0 Å². The lowest BCUT2D eigenvalue weighted by molar-refractivity contribution is -0.149. The molecule has 8 heteroatoms. The summed E-state index contributed by atoms with van der Waals surface area (Å²) < 4.78 is 16.0. The zero-order valence-electron chi connectivity index (χ0n) is 17.7. The Morgan fingerprint density at radius 2 is 1.83 bits per heavy atom. The van der Waals surface area contributed by atoms with Gasteiger partial charge in [0.2, 0.25) is 5.91 Å². The van der Waals surface area contributed by atoms with Crippen molar-refractivity contribution >= 4 is 29.6 Å². The maximum Gasteiger partial charge on any atom is 0.328 e. The molecule has 0 aromatic heterocycles. The standard InChI is InChI=1S/C21H33NO6S/c1-15-7-5-10-20(24)27-14-18(26-3)16(2)8-6-9-19(23)22-17(11-12-29-4)21(25)28-13-15/h5-8,15-18H,9-14H2,1-4H3,(H,22,23)/b7-5+,8-6+/t15-,16-,17+,18-/m1/s1.